The van der Waals surface area contributed by atoms with Crippen molar-refractivity contribution >= 4 is 29.7 Å². The minimum atomic E-state index is -1.70. The van der Waals surface area contributed by atoms with Gasteiger partial charge in [0.25, 0.3) is 11.8 Å². The van der Waals surface area contributed by atoms with Crippen molar-refractivity contribution in [3.05, 3.63) is 101 Å². The van der Waals surface area contributed by atoms with Crippen molar-refractivity contribution in [2.75, 3.05) is 11.9 Å². The first-order valence-corrected chi connectivity index (χ1v) is 15.7. The highest BCUT2D eigenvalue weighted by Crippen LogP contribution is 2.16. The molecule has 0 saturated heterocycles. The van der Waals surface area contributed by atoms with E-state index in [4.69, 9.17) is 9.47 Å². The molecule has 1 unspecified atom stereocenters. The lowest BCUT2D eigenvalue weighted by atomic mass is 10.0. The number of nitrogens with one attached hydrogen (secondary N) is 4. The van der Waals surface area contributed by atoms with Crippen molar-refractivity contribution in [2.24, 2.45) is 0 Å². The van der Waals surface area contributed by atoms with Gasteiger partial charge in [-0.1, -0.05) is 36.4 Å². The average molecular weight is 683 g/mol. The highest BCUT2D eigenvalue weighted by Gasteiger charge is 2.30. The van der Waals surface area contributed by atoms with Crippen LogP contribution in [-0.2, 0) is 27.1 Å². The molecule has 0 saturated carbocycles. The van der Waals surface area contributed by atoms with E-state index in [1.807, 2.05) is 6.07 Å². The molecule has 0 fully saturated rings. The summed E-state index contributed by atoms with van der Waals surface area (Å²) in [4.78, 5) is 51.3. The molecule has 3 rings (SSSR count). The molecule has 0 aliphatic rings. The molecule has 0 spiro atoms. The number of aliphatic hydroxyl groups is 1. The van der Waals surface area contributed by atoms with Crippen LogP contribution in [0.2, 0.25) is 0 Å². The lowest BCUT2D eigenvalue weighted by Crippen LogP contribution is -2.51. The molecule has 0 aliphatic heterocycles. The number of anilines is 1. The minimum Gasteiger partial charge on any atom is -0.444 e. The molecule has 5 N–H and O–H groups in total. The van der Waals surface area contributed by atoms with E-state index in [0.717, 1.165) is 23.8 Å². The van der Waals surface area contributed by atoms with Gasteiger partial charge < -0.3 is 35.8 Å². The van der Waals surface area contributed by atoms with Crippen molar-refractivity contribution in [1.82, 2.24) is 16.0 Å². The second kappa shape index (κ2) is 16.9. The summed E-state index contributed by atoms with van der Waals surface area (Å²) in [6.45, 7) is 9.89. The van der Waals surface area contributed by atoms with Crippen molar-refractivity contribution in [3.63, 3.8) is 0 Å². The van der Waals surface area contributed by atoms with Gasteiger partial charge in [-0.25, -0.2) is 18.4 Å². The third-order valence-corrected chi connectivity index (χ3v) is 6.75. The number of aliphatic hydroxyl groups excluding tert-OH is 1. The molecule has 264 valence electrons. The van der Waals surface area contributed by atoms with E-state index in [1.165, 1.54) is 24.3 Å². The summed E-state index contributed by atoms with van der Waals surface area (Å²) in [7, 11) is 0. The lowest BCUT2D eigenvalue weighted by Gasteiger charge is -2.26. The van der Waals surface area contributed by atoms with Crippen molar-refractivity contribution in [3.8, 4) is 0 Å². The van der Waals surface area contributed by atoms with Crippen LogP contribution in [0.1, 0.15) is 63.0 Å². The zero-order chi connectivity index (χ0) is 36.4. The third kappa shape index (κ3) is 13.5. The lowest BCUT2D eigenvalue weighted by molar-refractivity contribution is -0.125. The minimum absolute atomic E-state index is 0.00898. The Labute approximate surface area is 284 Å². The molecular formula is C36H44F2N4O7. The topological polar surface area (TPSA) is 155 Å². The van der Waals surface area contributed by atoms with Crippen molar-refractivity contribution in [2.45, 2.75) is 83.8 Å². The van der Waals surface area contributed by atoms with Crippen LogP contribution in [0.4, 0.5) is 24.1 Å². The maximum absolute atomic E-state index is 14.4. The fourth-order valence-electron chi connectivity index (χ4n) is 4.64. The van der Waals surface area contributed by atoms with E-state index in [1.54, 1.807) is 65.8 Å². The van der Waals surface area contributed by atoms with Gasteiger partial charge in [-0.2, -0.15) is 0 Å². The van der Waals surface area contributed by atoms with Crippen molar-refractivity contribution < 1.29 is 42.5 Å². The quantitative estimate of drug-likeness (QED) is 0.175. The number of carbonyl (C=O) groups excluding carboxylic acids is 4. The molecule has 3 aromatic rings. The predicted octanol–water partition coefficient (Wildman–Crippen LogP) is 5.27. The number of hydrogen-bond acceptors (Lipinski definition) is 7. The summed E-state index contributed by atoms with van der Waals surface area (Å²) in [6.07, 6.45) is -3.35. The van der Waals surface area contributed by atoms with Crippen LogP contribution in [0.25, 0.3) is 0 Å². The van der Waals surface area contributed by atoms with Crippen LogP contribution in [0.3, 0.4) is 0 Å². The normalized spacial score (nSPS) is 13.3. The van der Waals surface area contributed by atoms with E-state index >= 15 is 0 Å². The number of alkyl carbamates (subject to hydrolysis) is 2. The van der Waals surface area contributed by atoms with Crippen LogP contribution < -0.4 is 21.3 Å². The number of halogens is 2. The van der Waals surface area contributed by atoms with E-state index in [9.17, 15) is 33.1 Å². The van der Waals surface area contributed by atoms with Gasteiger partial charge in [-0.15, -0.1) is 0 Å². The van der Waals surface area contributed by atoms with E-state index in [0.29, 0.717) is 0 Å². The number of benzene rings is 3. The summed E-state index contributed by atoms with van der Waals surface area (Å²) >= 11 is 0. The molecule has 3 atom stereocenters. The van der Waals surface area contributed by atoms with Gasteiger partial charge >= 0.3 is 12.2 Å². The number of ether oxygens (including phenoxy) is 2. The molecule has 0 aromatic heterocycles. The van der Waals surface area contributed by atoms with Gasteiger partial charge in [0.2, 0.25) is 0 Å². The van der Waals surface area contributed by atoms with Crippen molar-refractivity contribution in [1.29, 1.82) is 0 Å². The number of rotatable bonds is 12. The maximum atomic E-state index is 14.4. The average Bonchev–Trinajstić information content (AvgIpc) is 2.99. The maximum Gasteiger partial charge on any atom is 0.407 e. The molecular weight excluding hydrogens is 638 g/mol. The summed E-state index contributed by atoms with van der Waals surface area (Å²) in [5.74, 6) is -2.77. The summed E-state index contributed by atoms with van der Waals surface area (Å²) in [5, 5.41) is 21.4. The van der Waals surface area contributed by atoms with Gasteiger partial charge in [0.15, 0.2) is 6.10 Å². The van der Waals surface area contributed by atoms with Gasteiger partial charge in [-0.3, -0.25) is 9.59 Å². The Kier molecular flexibility index (Phi) is 13.2. The van der Waals surface area contributed by atoms with Crippen LogP contribution in [0.5, 0.6) is 0 Å². The van der Waals surface area contributed by atoms with Crippen LogP contribution >= 0.6 is 0 Å². The largest absolute Gasteiger partial charge is 0.444 e. The monoisotopic (exact) mass is 682 g/mol. The highest BCUT2D eigenvalue weighted by molar-refractivity contribution is 5.98. The number of amides is 4. The molecule has 13 heteroatoms. The second-order valence-electron chi connectivity index (χ2n) is 13.5. The molecule has 0 radical (unpaired) electrons. The third-order valence-electron chi connectivity index (χ3n) is 6.75. The van der Waals surface area contributed by atoms with Gasteiger partial charge in [0, 0.05) is 17.8 Å². The van der Waals surface area contributed by atoms with Crippen LogP contribution in [-0.4, -0.2) is 65.0 Å². The first-order chi connectivity index (χ1) is 22.9. The van der Waals surface area contributed by atoms with E-state index < -0.39 is 65.0 Å². The van der Waals surface area contributed by atoms with Crippen LogP contribution in [0, 0.1) is 11.6 Å². The molecule has 0 heterocycles. The Morgan fingerprint density at radius 1 is 0.776 bits per heavy atom. The molecule has 11 nitrogen and oxygen atoms in total. The summed E-state index contributed by atoms with van der Waals surface area (Å²) in [5.41, 5.74) is -0.588. The molecule has 49 heavy (non-hydrogen) atoms. The zero-order valence-corrected chi connectivity index (χ0v) is 28.4. The summed E-state index contributed by atoms with van der Waals surface area (Å²) < 4.78 is 38.9. The van der Waals surface area contributed by atoms with E-state index in [2.05, 4.69) is 21.3 Å². The second-order valence-corrected chi connectivity index (χ2v) is 13.5. The van der Waals surface area contributed by atoms with E-state index in [-0.39, 0.29) is 36.2 Å². The molecule has 3 aromatic carbocycles. The predicted molar refractivity (Wildman–Crippen MR) is 180 cm³/mol. The number of carbonyl (C=O) groups is 4. The smallest absolute Gasteiger partial charge is 0.407 e. The molecule has 4 amide bonds. The Morgan fingerprint density at radius 2 is 1.41 bits per heavy atom. The van der Waals surface area contributed by atoms with Gasteiger partial charge in [0.1, 0.15) is 22.8 Å². The Bertz CT molecular complexity index is 1610. The SMILES string of the molecule is CC(C)(C)OC(=O)NC(CNC(=O)c1cccc(NC(=O)[C@@H](O)[C@@H](Cc2ccccc2)NC(=O)OC(C)(C)C)c1)Cc1cc(F)ccc1F. The Morgan fingerprint density at radius 3 is 2.04 bits per heavy atom. The number of hydrogen-bond donors (Lipinski definition) is 5. The standard InChI is InChI=1S/C36H44F2N4O7/c1-35(2,3)48-33(46)41-27(20-24-18-25(37)15-16-28(24)38)21-39-31(44)23-13-10-14-26(19-23)40-32(45)30(43)29(17-22-11-8-7-9-12-22)42-34(47)49-36(4,5)6/h7-16,18-19,27,29-30,43H,17,20-21H2,1-6H3,(H,39,44)(H,40,45)(H,41,46)(H,42,47)/t27?,29-,30+/m1/s1. The van der Waals surface area contributed by atoms with Gasteiger partial charge in [-0.05, 0) is 102 Å². The van der Waals surface area contributed by atoms with Gasteiger partial charge in [0.05, 0.1) is 12.1 Å². The summed E-state index contributed by atoms with van der Waals surface area (Å²) in [6, 6.07) is 15.9. The fourth-order valence-corrected chi connectivity index (χ4v) is 4.64. The first-order valence-electron chi connectivity index (χ1n) is 15.7. The highest BCUT2D eigenvalue weighted by atomic mass is 19.1. The van der Waals surface area contributed by atoms with Crippen LogP contribution in [0.15, 0.2) is 72.8 Å². The Hall–Kier alpha value is -5.04. The molecule has 0 aliphatic carbocycles. The Balaban J connectivity index is 1.71. The fraction of sp³-hybridized carbons (Fsp3) is 0.389. The first kappa shape index (κ1) is 38.4. The zero-order valence-electron chi connectivity index (χ0n) is 28.4. The molecule has 0 bridgehead atoms.